The number of ether oxygens (including phenoxy) is 5. The molecule has 1 unspecified atom stereocenters. The maximum atomic E-state index is 14.8. The number of hydrogen-bond donors (Lipinski definition) is 6. The molecular weight excluding hydrogens is 1210 g/mol. The molecule has 93 heavy (non-hydrogen) atoms. The highest BCUT2D eigenvalue weighted by molar-refractivity contribution is 6.39. The molecule has 2 aromatic heterocycles. The number of methoxy groups -OCH3 is 2. The fourth-order valence-electron chi connectivity index (χ4n) is 14.1. The van der Waals surface area contributed by atoms with Gasteiger partial charge in [-0.05, 0) is 150 Å². The van der Waals surface area contributed by atoms with E-state index in [4.69, 9.17) is 41.0 Å². The van der Waals surface area contributed by atoms with Crippen LogP contribution in [0.4, 0.5) is 5.82 Å². The van der Waals surface area contributed by atoms with Gasteiger partial charge in [-0.25, -0.2) is 14.8 Å². The van der Waals surface area contributed by atoms with Gasteiger partial charge in [-0.3, -0.25) is 24.0 Å². The molecule has 16 atom stereocenters. The number of aliphatic hydroxyl groups excluding tert-OH is 2. The summed E-state index contributed by atoms with van der Waals surface area (Å²) in [5, 5.41) is 39.4. The molecule has 1 saturated carbocycles. The monoisotopic (exact) mass is 1310 g/mol. The number of aliphatic hydroxyl groups is 3. The minimum Gasteiger partial charge on any atom is -0.460 e. The van der Waals surface area contributed by atoms with Gasteiger partial charge in [-0.2, -0.15) is 0 Å². The Morgan fingerprint density at radius 2 is 1.63 bits per heavy atom. The van der Waals surface area contributed by atoms with Crippen LogP contribution >= 0.6 is 11.6 Å². The highest BCUT2D eigenvalue weighted by atomic mass is 35.5. The zero-order chi connectivity index (χ0) is 67.3. The Labute approximate surface area is 552 Å². The van der Waals surface area contributed by atoms with Crippen LogP contribution in [0.15, 0.2) is 90.5 Å². The number of halogens is 1. The van der Waals surface area contributed by atoms with Crippen molar-refractivity contribution in [3.8, 4) is 0 Å². The first kappa shape index (κ1) is 72.8. The second-order valence-corrected chi connectivity index (χ2v) is 27.6. The van der Waals surface area contributed by atoms with Crippen LogP contribution in [0.3, 0.4) is 0 Å². The van der Waals surface area contributed by atoms with E-state index in [2.05, 4.69) is 25.2 Å². The number of nitrogens with one attached hydrogen (secondary N) is 2. The number of H-pyrrole nitrogens is 1. The van der Waals surface area contributed by atoms with E-state index in [1.165, 1.54) is 18.3 Å². The minimum atomic E-state index is -2.57. The van der Waals surface area contributed by atoms with Crippen molar-refractivity contribution in [1.29, 1.82) is 0 Å². The quantitative estimate of drug-likeness (QED) is 0.0529. The van der Waals surface area contributed by atoms with Crippen LogP contribution in [-0.2, 0) is 52.5 Å². The first-order valence-corrected chi connectivity index (χ1v) is 33.9. The van der Waals surface area contributed by atoms with Crippen molar-refractivity contribution in [2.75, 3.05) is 45.4 Å². The lowest BCUT2D eigenvalue weighted by atomic mass is 9.78. The van der Waals surface area contributed by atoms with Gasteiger partial charge in [0.1, 0.15) is 47.9 Å². The Kier molecular flexibility index (Phi) is 25.9. The molecule has 510 valence electrons. The SMILES string of the molecule is CO[C@@H]1C[C@@H](CC(C)[C@@H]2CC(=O)[C@H](C)/C=C(\C)[C@@H](O)[C@@H](OC)C(=O)[C@H](C)C[C@H](C)/C=C/C=C/C=C(/C)[C@@H](OCC[C@H](NC(=O)C3(N)CCN(c4ncnc5[nH]ccc45)CC3)c3ccc(Cl)cc3)C[C@@H]3CC[C@@H](C)[C@@](O)(O3)C(=O)C(=O)N3CCCC[C@H]3C(=O)O2)CC[C@H]1O. The molecule has 1 aromatic carbocycles. The number of Topliss-reactive ketones (excluding diaryl/α,β-unsaturated/α-hetero) is 3. The largest absolute Gasteiger partial charge is 0.460 e. The normalized spacial score (nSPS) is 33.7. The molecule has 1 aliphatic carbocycles. The molecule has 3 aromatic rings. The fraction of sp³-hybridized carbons (Fsp3) is 0.634. The molecule has 3 saturated heterocycles. The number of rotatable bonds is 13. The Morgan fingerprint density at radius 1 is 0.892 bits per heavy atom. The molecule has 0 spiro atoms. The Hall–Kier alpha value is -6.01. The number of anilines is 1. The van der Waals surface area contributed by atoms with Crippen LogP contribution in [0.5, 0.6) is 0 Å². The third kappa shape index (κ3) is 18.3. The van der Waals surface area contributed by atoms with Crippen molar-refractivity contribution in [1.82, 2.24) is 25.2 Å². The number of fused-ring (bicyclic) bond motifs is 4. The average molecular weight is 1310 g/mol. The highest BCUT2D eigenvalue weighted by Gasteiger charge is 2.53. The standard InChI is InChI=1S/C71H100ClN7O14/c1-42-15-11-10-12-16-43(2)58(91-34-27-54(50-20-22-51(72)23-21-50)77-69(87)70(73)28-32-78(33-29-70)66-53-26-30-74-65(53)75-41-76-66)39-52-24-18-48(7)71(88,93-52)64(84)67(85)79-31-14-13-17-55(79)68(86)92-59(45(4)37-49-19-25-56(80)60(38-49)89-8)40-57(81)44(3)36-47(6)62(83)63(90-9)61(82)46(5)35-42/h10-12,15-16,20-23,26,30,36,41-42,44-46,48-49,52,54-56,58-60,62-63,80,83,88H,13-14,17-19,24-25,27-29,31-35,37-40,73H2,1-9H3,(H,77,87)(H,74,75,76)/b12-10+,15-11+,43-16-,47-36+/t42-,44-,45?,46-,48-,49-,52+,54+,55+,56-,58+,59+,60-,62-,63+,71-/m1/s1. The Bertz CT molecular complexity index is 3180. The van der Waals surface area contributed by atoms with Crippen molar-refractivity contribution in [2.45, 2.75) is 211 Å². The minimum absolute atomic E-state index is 0.0266. The first-order valence-electron chi connectivity index (χ1n) is 33.5. The summed E-state index contributed by atoms with van der Waals surface area (Å²) in [4.78, 5) is 102. The van der Waals surface area contributed by atoms with Crippen molar-refractivity contribution >= 4 is 63.6 Å². The number of esters is 1. The van der Waals surface area contributed by atoms with E-state index in [0.717, 1.165) is 28.0 Å². The predicted molar refractivity (Wildman–Crippen MR) is 353 cm³/mol. The lowest BCUT2D eigenvalue weighted by molar-refractivity contribution is -0.266. The number of cyclic esters (lactones) is 1. The molecule has 8 rings (SSSR count). The van der Waals surface area contributed by atoms with Gasteiger partial charge in [0.05, 0.1) is 41.4 Å². The van der Waals surface area contributed by atoms with E-state index >= 15 is 0 Å². The van der Waals surface area contributed by atoms with Crippen molar-refractivity contribution in [3.63, 3.8) is 0 Å². The topological polar surface area (TPSA) is 295 Å². The van der Waals surface area contributed by atoms with E-state index in [9.17, 15) is 44.1 Å². The summed E-state index contributed by atoms with van der Waals surface area (Å²) in [7, 11) is 2.93. The maximum absolute atomic E-state index is 14.8. The van der Waals surface area contributed by atoms with Crippen molar-refractivity contribution in [2.24, 2.45) is 41.2 Å². The first-order chi connectivity index (χ1) is 44.3. The van der Waals surface area contributed by atoms with Crippen LogP contribution in [0.1, 0.15) is 156 Å². The smallest absolute Gasteiger partial charge is 0.329 e. The van der Waals surface area contributed by atoms with Gasteiger partial charge >= 0.3 is 5.97 Å². The van der Waals surface area contributed by atoms with Gasteiger partial charge in [-0.15, -0.1) is 0 Å². The number of hydrogen-bond acceptors (Lipinski definition) is 18. The molecule has 6 heterocycles. The van der Waals surface area contributed by atoms with E-state index in [-0.39, 0.29) is 73.7 Å². The molecule has 21 nitrogen and oxygen atoms in total. The molecule has 2 bridgehead atoms. The molecule has 4 fully saturated rings. The van der Waals surface area contributed by atoms with E-state index in [1.807, 2.05) is 75.5 Å². The lowest BCUT2D eigenvalue weighted by Crippen LogP contribution is -2.61. The summed E-state index contributed by atoms with van der Waals surface area (Å²) in [5.74, 6) is -8.28. The second kappa shape index (κ2) is 33.1. The van der Waals surface area contributed by atoms with Gasteiger partial charge in [0.2, 0.25) is 11.7 Å². The third-order valence-corrected chi connectivity index (χ3v) is 20.5. The van der Waals surface area contributed by atoms with E-state index in [0.29, 0.717) is 101 Å². The summed E-state index contributed by atoms with van der Waals surface area (Å²) in [6, 6.07) is 7.38. The number of benzene rings is 1. The number of ketones is 3. The number of amides is 2. The number of piperidine rings is 2. The number of nitrogens with two attached hydrogens (primary N) is 1. The summed E-state index contributed by atoms with van der Waals surface area (Å²) in [6.07, 6.45) is 14.0. The molecule has 4 aliphatic heterocycles. The second-order valence-electron chi connectivity index (χ2n) is 27.2. The third-order valence-electron chi connectivity index (χ3n) is 20.2. The van der Waals surface area contributed by atoms with Crippen LogP contribution in [-0.4, -0.2) is 171 Å². The van der Waals surface area contributed by atoms with Gasteiger partial charge in [-0.1, -0.05) is 94.8 Å². The predicted octanol–water partition coefficient (Wildman–Crippen LogP) is 8.72. The number of carbonyl (C=O) groups excluding carboxylic acids is 6. The number of aromatic nitrogens is 3. The van der Waals surface area contributed by atoms with Gasteiger partial charge in [0.15, 0.2) is 5.78 Å². The molecular formula is C71H100ClN7O14. The van der Waals surface area contributed by atoms with Crippen molar-refractivity contribution in [3.05, 3.63) is 101 Å². The summed E-state index contributed by atoms with van der Waals surface area (Å²) >= 11 is 6.38. The lowest BCUT2D eigenvalue weighted by Gasteiger charge is -2.43. The number of carbonyl (C=O) groups is 6. The molecule has 22 heteroatoms. The van der Waals surface area contributed by atoms with Crippen molar-refractivity contribution < 1.29 is 67.8 Å². The maximum Gasteiger partial charge on any atom is 0.329 e. The van der Waals surface area contributed by atoms with Crippen LogP contribution in [0.2, 0.25) is 5.02 Å². The number of aromatic amines is 1. The molecule has 7 N–H and O–H groups in total. The average Bonchev–Trinajstić information content (AvgIpc) is 1.49. The summed E-state index contributed by atoms with van der Waals surface area (Å²) < 4.78 is 30.9. The van der Waals surface area contributed by atoms with Gasteiger partial charge in [0.25, 0.3) is 11.7 Å². The van der Waals surface area contributed by atoms with Gasteiger partial charge in [0, 0.05) is 82.3 Å². The number of allylic oxidation sites excluding steroid dienone is 6. The zero-order valence-corrected chi connectivity index (χ0v) is 56.4. The van der Waals surface area contributed by atoms with Gasteiger partial charge < -0.3 is 64.8 Å². The van der Waals surface area contributed by atoms with E-state index in [1.54, 1.807) is 53.0 Å². The molecule has 0 radical (unpaired) electrons. The highest BCUT2D eigenvalue weighted by Crippen LogP contribution is 2.39. The summed E-state index contributed by atoms with van der Waals surface area (Å²) in [5.41, 5.74) is 8.42. The van der Waals surface area contributed by atoms with E-state index < -0.39 is 95.4 Å². The van der Waals surface area contributed by atoms with Crippen LogP contribution < -0.4 is 16.0 Å². The van der Waals surface area contributed by atoms with Crippen LogP contribution in [0, 0.1) is 35.5 Å². The van der Waals surface area contributed by atoms with Crippen LogP contribution in [0.25, 0.3) is 11.0 Å². The molecule has 5 aliphatic rings. The Balaban J connectivity index is 1.05. The number of nitrogens with zero attached hydrogens (tertiary/aromatic N) is 4. The fourth-order valence-corrected chi connectivity index (χ4v) is 14.3. The zero-order valence-electron chi connectivity index (χ0n) is 55.7. The summed E-state index contributed by atoms with van der Waals surface area (Å²) in [6.45, 7) is 13.7. The Morgan fingerprint density at radius 3 is 2.35 bits per heavy atom. The molecule has 2 amide bonds.